The predicted octanol–water partition coefficient (Wildman–Crippen LogP) is 2.06. The van der Waals surface area contributed by atoms with E-state index in [1.54, 1.807) is 0 Å². The van der Waals surface area contributed by atoms with Crippen molar-refractivity contribution in [2.24, 2.45) is 0 Å². The van der Waals surface area contributed by atoms with E-state index in [-0.39, 0.29) is 6.42 Å². The first-order valence-corrected chi connectivity index (χ1v) is 5.98. The number of nitrogens with zero attached hydrogens (tertiary/aromatic N) is 1. The molecule has 98 valence electrons. The number of hydrogen-bond donors (Lipinski definition) is 1. The zero-order valence-electron chi connectivity index (χ0n) is 9.90. The minimum atomic E-state index is -0.932. The van der Waals surface area contributed by atoms with Crippen molar-refractivity contribution in [2.45, 2.75) is 25.3 Å². The number of hydrogen-bond acceptors (Lipinski definition) is 2. The Labute approximate surface area is 104 Å². The monoisotopic (exact) mass is 255 g/mol. The third-order valence-corrected chi connectivity index (χ3v) is 3.28. The van der Waals surface area contributed by atoms with Crippen LogP contribution in [-0.4, -0.2) is 35.1 Å². The molecule has 0 saturated carbocycles. The van der Waals surface area contributed by atoms with Crippen molar-refractivity contribution < 1.29 is 18.7 Å². The van der Waals surface area contributed by atoms with Crippen LogP contribution < -0.4 is 0 Å². The molecule has 2 rings (SSSR count). The van der Waals surface area contributed by atoms with Gasteiger partial charge >= 0.3 is 5.97 Å². The van der Waals surface area contributed by atoms with Crippen LogP contribution >= 0.6 is 0 Å². The summed E-state index contributed by atoms with van der Waals surface area (Å²) >= 11 is 0. The lowest BCUT2D eigenvalue weighted by atomic mass is 10.0. The molecule has 1 aliphatic heterocycles. The lowest BCUT2D eigenvalue weighted by Gasteiger charge is -2.23. The molecule has 0 radical (unpaired) electrons. The van der Waals surface area contributed by atoms with Gasteiger partial charge in [-0.05, 0) is 50.0 Å². The standard InChI is InChI=1S/C13H15F2NO2/c14-10-4-3-9(7-11(10)15)8-12(13(17)18)16-5-1-2-6-16/h3-4,7,12H,1-2,5-6,8H2,(H,17,18). The van der Waals surface area contributed by atoms with Gasteiger partial charge < -0.3 is 5.11 Å². The first-order valence-electron chi connectivity index (χ1n) is 5.98. The molecule has 0 aliphatic carbocycles. The molecule has 1 atom stereocenters. The van der Waals surface area contributed by atoms with Gasteiger partial charge in [0.25, 0.3) is 0 Å². The van der Waals surface area contributed by atoms with Crippen LogP contribution in [0, 0.1) is 11.6 Å². The second-order valence-corrected chi connectivity index (χ2v) is 4.55. The van der Waals surface area contributed by atoms with Gasteiger partial charge in [-0.3, -0.25) is 9.69 Å². The molecule has 1 aromatic rings. The van der Waals surface area contributed by atoms with Crippen LogP contribution in [0.5, 0.6) is 0 Å². The fraction of sp³-hybridized carbons (Fsp3) is 0.462. The van der Waals surface area contributed by atoms with Crippen molar-refractivity contribution in [3.63, 3.8) is 0 Å². The summed E-state index contributed by atoms with van der Waals surface area (Å²) in [7, 11) is 0. The summed E-state index contributed by atoms with van der Waals surface area (Å²) in [4.78, 5) is 13.1. The maximum absolute atomic E-state index is 13.1. The molecule has 5 heteroatoms. The van der Waals surface area contributed by atoms with Gasteiger partial charge in [-0.25, -0.2) is 8.78 Å². The Morgan fingerprint density at radius 1 is 1.28 bits per heavy atom. The van der Waals surface area contributed by atoms with Crippen LogP contribution in [0.4, 0.5) is 8.78 Å². The highest BCUT2D eigenvalue weighted by molar-refractivity contribution is 5.74. The largest absolute Gasteiger partial charge is 0.480 e. The van der Waals surface area contributed by atoms with E-state index >= 15 is 0 Å². The van der Waals surface area contributed by atoms with E-state index in [2.05, 4.69) is 0 Å². The van der Waals surface area contributed by atoms with Gasteiger partial charge in [-0.1, -0.05) is 6.07 Å². The van der Waals surface area contributed by atoms with Crippen LogP contribution in [0.15, 0.2) is 18.2 Å². The SMILES string of the molecule is O=C(O)C(Cc1ccc(F)c(F)c1)N1CCCC1. The molecule has 1 saturated heterocycles. The average molecular weight is 255 g/mol. The van der Waals surface area contributed by atoms with Crippen LogP contribution in [0.3, 0.4) is 0 Å². The zero-order chi connectivity index (χ0) is 13.1. The lowest BCUT2D eigenvalue weighted by molar-refractivity contribution is -0.142. The van der Waals surface area contributed by atoms with Crippen LogP contribution in [-0.2, 0) is 11.2 Å². The van der Waals surface area contributed by atoms with Gasteiger partial charge in [0.2, 0.25) is 0 Å². The highest BCUT2D eigenvalue weighted by Gasteiger charge is 2.28. The maximum atomic E-state index is 13.1. The fourth-order valence-electron chi connectivity index (χ4n) is 2.32. The van der Waals surface area contributed by atoms with Gasteiger partial charge in [0.05, 0.1) is 0 Å². The topological polar surface area (TPSA) is 40.5 Å². The Kier molecular flexibility index (Phi) is 3.91. The summed E-state index contributed by atoms with van der Waals surface area (Å²) in [5, 5.41) is 9.21. The number of rotatable bonds is 4. The molecule has 0 spiro atoms. The Balaban J connectivity index is 2.12. The molecular weight excluding hydrogens is 240 g/mol. The number of aliphatic carboxylic acids is 1. The van der Waals surface area contributed by atoms with Crippen molar-refractivity contribution >= 4 is 5.97 Å². The van der Waals surface area contributed by atoms with Crippen molar-refractivity contribution in [2.75, 3.05) is 13.1 Å². The zero-order valence-corrected chi connectivity index (χ0v) is 9.90. The Morgan fingerprint density at radius 2 is 1.94 bits per heavy atom. The van der Waals surface area contributed by atoms with E-state index in [9.17, 15) is 18.7 Å². The number of carbonyl (C=O) groups is 1. The minimum Gasteiger partial charge on any atom is -0.480 e. The highest BCUT2D eigenvalue weighted by atomic mass is 19.2. The Morgan fingerprint density at radius 3 is 2.50 bits per heavy atom. The maximum Gasteiger partial charge on any atom is 0.321 e. The Hall–Kier alpha value is -1.49. The smallest absolute Gasteiger partial charge is 0.321 e. The van der Waals surface area contributed by atoms with Gasteiger partial charge in [0.15, 0.2) is 11.6 Å². The highest BCUT2D eigenvalue weighted by Crippen LogP contribution is 2.17. The summed E-state index contributed by atoms with van der Waals surface area (Å²) in [6.07, 6.45) is 2.18. The van der Waals surface area contributed by atoms with E-state index in [0.717, 1.165) is 38.1 Å². The molecule has 1 heterocycles. The molecule has 1 fully saturated rings. The molecule has 0 aromatic heterocycles. The first-order chi connectivity index (χ1) is 8.58. The molecule has 18 heavy (non-hydrogen) atoms. The minimum absolute atomic E-state index is 0.201. The van der Waals surface area contributed by atoms with Crippen LogP contribution in [0.25, 0.3) is 0 Å². The van der Waals surface area contributed by atoms with E-state index in [1.165, 1.54) is 6.07 Å². The molecular formula is C13H15F2NO2. The second-order valence-electron chi connectivity index (χ2n) is 4.55. The molecule has 1 aromatic carbocycles. The molecule has 0 amide bonds. The number of carboxylic acid groups (broad SMARTS) is 1. The molecule has 1 unspecified atom stereocenters. The van der Waals surface area contributed by atoms with Gasteiger partial charge in [-0.2, -0.15) is 0 Å². The Bertz CT molecular complexity index is 445. The normalized spacial score (nSPS) is 17.9. The third-order valence-electron chi connectivity index (χ3n) is 3.28. The van der Waals surface area contributed by atoms with E-state index < -0.39 is 23.6 Å². The summed E-state index contributed by atoms with van der Waals surface area (Å²) in [6, 6.07) is 2.89. The fourth-order valence-corrected chi connectivity index (χ4v) is 2.32. The van der Waals surface area contributed by atoms with Crippen molar-refractivity contribution in [3.8, 4) is 0 Å². The van der Waals surface area contributed by atoms with E-state index in [4.69, 9.17) is 0 Å². The summed E-state index contributed by atoms with van der Waals surface area (Å²) in [5.41, 5.74) is 0.508. The van der Waals surface area contributed by atoms with Crippen molar-refractivity contribution in [3.05, 3.63) is 35.4 Å². The van der Waals surface area contributed by atoms with Gasteiger partial charge in [0, 0.05) is 0 Å². The number of likely N-dealkylation sites (tertiary alicyclic amines) is 1. The molecule has 0 bridgehead atoms. The summed E-state index contributed by atoms with van der Waals surface area (Å²) < 4.78 is 25.9. The summed E-state index contributed by atoms with van der Waals surface area (Å²) in [6.45, 7) is 1.50. The third kappa shape index (κ3) is 2.85. The van der Waals surface area contributed by atoms with Gasteiger partial charge in [0.1, 0.15) is 6.04 Å². The average Bonchev–Trinajstić information content (AvgIpc) is 2.83. The molecule has 1 N–H and O–H groups in total. The first kappa shape index (κ1) is 13.0. The van der Waals surface area contributed by atoms with Crippen LogP contribution in [0.2, 0.25) is 0 Å². The van der Waals surface area contributed by atoms with E-state index in [0.29, 0.717) is 5.56 Å². The quantitative estimate of drug-likeness (QED) is 0.895. The molecule has 3 nitrogen and oxygen atoms in total. The van der Waals surface area contributed by atoms with E-state index in [1.807, 2.05) is 4.90 Å². The van der Waals surface area contributed by atoms with Crippen LogP contribution in [0.1, 0.15) is 18.4 Å². The summed E-state index contributed by atoms with van der Waals surface area (Å²) in [5.74, 6) is -2.76. The lowest BCUT2D eigenvalue weighted by Crippen LogP contribution is -2.40. The van der Waals surface area contributed by atoms with Crippen molar-refractivity contribution in [1.82, 2.24) is 4.90 Å². The number of benzene rings is 1. The predicted molar refractivity (Wildman–Crippen MR) is 62.3 cm³/mol. The number of carboxylic acids is 1. The number of halogens is 2. The van der Waals surface area contributed by atoms with Gasteiger partial charge in [-0.15, -0.1) is 0 Å². The molecule has 1 aliphatic rings. The van der Waals surface area contributed by atoms with Crippen molar-refractivity contribution in [1.29, 1.82) is 0 Å². The second kappa shape index (κ2) is 5.44.